The molecule has 1 aromatic carbocycles. The van der Waals surface area contributed by atoms with E-state index >= 15 is 0 Å². The first-order valence-electron chi connectivity index (χ1n) is 4.86. The maximum atomic E-state index is 11.1. The predicted molar refractivity (Wildman–Crippen MR) is 72.3 cm³/mol. The van der Waals surface area contributed by atoms with E-state index in [1.807, 2.05) is 13.0 Å². The fourth-order valence-corrected chi connectivity index (χ4v) is 3.21. The quantitative estimate of drug-likeness (QED) is 0.370. The van der Waals surface area contributed by atoms with Crippen LogP contribution in [0, 0.1) is 10.1 Å². The Balaban J connectivity index is 2.54. The van der Waals surface area contributed by atoms with Crippen molar-refractivity contribution in [2.45, 2.75) is 17.1 Å². The average Bonchev–Trinajstić information content (AvgIpc) is 2.75. The number of aromatic nitrogens is 1. The van der Waals surface area contributed by atoms with Gasteiger partial charge in [0.2, 0.25) is 0 Å². The Morgan fingerprint density at radius 1 is 1.65 bits per heavy atom. The molecule has 0 radical (unpaired) electrons. The van der Waals surface area contributed by atoms with Crippen LogP contribution < -0.4 is 0 Å². The molecule has 0 N–H and O–H groups in total. The van der Waals surface area contributed by atoms with Gasteiger partial charge < -0.3 is 0 Å². The highest BCUT2D eigenvalue weighted by Crippen LogP contribution is 2.38. The molecule has 2 aromatic rings. The highest BCUT2D eigenvalue weighted by molar-refractivity contribution is 8.00. The van der Waals surface area contributed by atoms with Gasteiger partial charge in [-0.15, -0.1) is 34.7 Å². The molecule has 0 saturated carbocycles. The van der Waals surface area contributed by atoms with Gasteiger partial charge in [-0.2, -0.15) is 0 Å². The Hall–Kier alpha value is -0.850. The molecule has 0 aliphatic heterocycles. The molecule has 0 amide bonds. The number of hydrogen-bond acceptors (Lipinski definition) is 5. The topological polar surface area (TPSA) is 56.0 Å². The summed E-state index contributed by atoms with van der Waals surface area (Å²) in [6, 6.07) is 3.63. The lowest BCUT2D eigenvalue weighted by molar-refractivity contribution is -0.386. The van der Waals surface area contributed by atoms with E-state index in [9.17, 15) is 10.1 Å². The van der Waals surface area contributed by atoms with Crippen LogP contribution in [0.25, 0.3) is 10.2 Å². The summed E-state index contributed by atoms with van der Waals surface area (Å²) >= 11 is 8.54. The van der Waals surface area contributed by atoms with Crippen molar-refractivity contribution < 1.29 is 4.92 Å². The van der Waals surface area contributed by atoms with Gasteiger partial charge in [-0.3, -0.25) is 10.1 Å². The van der Waals surface area contributed by atoms with E-state index in [0.29, 0.717) is 16.3 Å². The predicted octanol–water partition coefficient (Wildman–Crippen LogP) is 3.92. The van der Waals surface area contributed by atoms with Gasteiger partial charge >= 0.3 is 5.69 Å². The number of thiazole rings is 1. The number of fused-ring (bicyclic) bond motifs is 1. The van der Waals surface area contributed by atoms with Crippen LogP contribution in [-0.4, -0.2) is 21.0 Å². The first-order chi connectivity index (χ1) is 8.13. The second kappa shape index (κ2) is 5.20. The summed E-state index contributed by atoms with van der Waals surface area (Å²) in [6.07, 6.45) is 0. The molecule has 0 saturated heterocycles. The van der Waals surface area contributed by atoms with E-state index in [1.54, 1.807) is 11.6 Å². The van der Waals surface area contributed by atoms with E-state index < -0.39 is 0 Å². The third-order valence-corrected chi connectivity index (χ3v) is 4.76. The first kappa shape index (κ1) is 12.6. The Kier molecular flexibility index (Phi) is 3.86. The summed E-state index contributed by atoms with van der Waals surface area (Å²) in [5.74, 6) is 0.455. The lowest BCUT2D eigenvalue weighted by atomic mass is 10.3. The molecule has 0 fully saturated rings. The fraction of sp³-hybridized carbons (Fsp3) is 0.300. The largest absolute Gasteiger partial charge is 0.309 e. The highest BCUT2D eigenvalue weighted by atomic mass is 35.5. The minimum atomic E-state index is -0.370. The number of nitro benzene ring substituents is 1. The second-order valence-corrected chi connectivity index (χ2v) is 6.13. The molecule has 17 heavy (non-hydrogen) atoms. The Morgan fingerprint density at radius 3 is 3.06 bits per heavy atom. The molecule has 1 atom stereocenters. The summed E-state index contributed by atoms with van der Waals surface area (Å²) in [4.78, 5) is 15.4. The minimum Gasteiger partial charge on any atom is -0.258 e. The SMILES string of the molecule is CC(CCl)Sc1ccc2scnc2c1[N+](=O)[O-]. The zero-order valence-electron chi connectivity index (χ0n) is 8.92. The van der Waals surface area contributed by atoms with Crippen LogP contribution in [0.1, 0.15) is 6.92 Å². The third kappa shape index (κ3) is 2.53. The molecule has 0 spiro atoms. The smallest absolute Gasteiger partial charge is 0.258 e. The number of hydrogen-bond donors (Lipinski definition) is 0. The van der Waals surface area contributed by atoms with Gasteiger partial charge in [-0.25, -0.2) is 4.98 Å². The number of halogens is 1. The molecule has 1 aromatic heterocycles. The summed E-state index contributed by atoms with van der Waals surface area (Å²) in [6.45, 7) is 1.94. The summed E-state index contributed by atoms with van der Waals surface area (Å²) in [5, 5.41) is 11.3. The lowest BCUT2D eigenvalue weighted by Gasteiger charge is -2.07. The van der Waals surface area contributed by atoms with Crippen LogP contribution in [-0.2, 0) is 0 Å². The van der Waals surface area contributed by atoms with E-state index in [2.05, 4.69) is 4.98 Å². The van der Waals surface area contributed by atoms with Crippen LogP contribution >= 0.6 is 34.7 Å². The molecular formula is C10H9ClN2O2S2. The van der Waals surface area contributed by atoms with E-state index in [1.165, 1.54) is 23.1 Å². The summed E-state index contributed by atoms with van der Waals surface area (Å²) in [5.41, 5.74) is 2.18. The zero-order chi connectivity index (χ0) is 12.4. The number of rotatable bonds is 4. The van der Waals surface area contributed by atoms with Crippen molar-refractivity contribution in [3.8, 4) is 0 Å². The van der Waals surface area contributed by atoms with Gasteiger partial charge in [-0.1, -0.05) is 6.92 Å². The molecular weight excluding hydrogens is 280 g/mol. The van der Waals surface area contributed by atoms with Gasteiger partial charge in [0.15, 0.2) is 5.52 Å². The number of benzene rings is 1. The van der Waals surface area contributed by atoms with Crippen molar-refractivity contribution >= 4 is 50.6 Å². The van der Waals surface area contributed by atoms with Gasteiger partial charge in [0, 0.05) is 11.1 Å². The van der Waals surface area contributed by atoms with Crippen molar-refractivity contribution in [3.05, 3.63) is 27.8 Å². The Labute approximate surface area is 111 Å². The first-order valence-corrected chi connectivity index (χ1v) is 7.16. The molecule has 7 heteroatoms. The Bertz CT molecular complexity index is 558. The summed E-state index contributed by atoms with van der Waals surface area (Å²) < 4.78 is 0.833. The number of nitro groups is 1. The molecule has 0 aliphatic rings. The third-order valence-electron chi connectivity index (χ3n) is 2.17. The van der Waals surface area contributed by atoms with Crippen LogP contribution in [0.5, 0.6) is 0 Å². The van der Waals surface area contributed by atoms with E-state index in [0.717, 1.165) is 4.70 Å². The van der Waals surface area contributed by atoms with Crippen LogP contribution in [0.2, 0.25) is 0 Å². The van der Waals surface area contributed by atoms with Crippen molar-refractivity contribution in [2.75, 3.05) is 5.88 Å². The Morgan fingerprint density at radius 2 is 2.41 bits per heavy atom. The molecule has 0 aliphatic carbocycles. The number of thioether (sulfide) groups is 1. The van der Waals surface area contributed by atoms with Gasteiger partial charge in [0.1, 0.15) is 0 Å². The monoisotopic (exact) mass is 288 g/mol. The van der Waals surface area contributed by atoms with Crippen molar-refractivity contribution in [1.29, 1.82) is 0 Å². The van der Waals surface area contributed by atoms with Crippen LogP contribution in [0.3, 0.4) is 0 Å². The van der Waals surface area contributed by atoms with Gasteiger partial charge in [-0.05, 0) is 12.1 Å². The van der Waals surface area contributed by atoms with Crippen molar-refractivity contribution in [2.24, 2.45) is 0 Å². The second-order valence-electron chi connectivity index (χ2n) is 3.45. The normalized spacial score (nSPS) is 12.8. The fourth-order valence-electron chi connectivity index (χ4n) is 1.42. The lowest BCUT2D eigenvalue weighted by Crippen LogP contribution is -1.99. The maximum Gasteiger partial charge on any atom is 0.309 e. The summed E-state index contributed by atoms with van der Waals surface area (Å²) in [7, 11) is 0. The van der Waals surface area contributed by atoms with E-state index in [4.69, 9.17) is 11.6 Å². The van der Waals surface area contributed by atoms with Crippen LogP contribution in [0.15, 0.2) is 22.5 Å². The maximum absolute atomic E-state index is 11.1. The van der Waals surface area contributed by atoms with Crippen molar-refractivity contribution in [1.82, 2.24) is 4.98 Å². The standard InChI is InChI=1S/C10H9ClN2O2S2/c1-6(4-11)17-8-3-2-7-9(12-5-16-7)10(8)13(14)15/h2-3,5-6H,4H2,1H3. The average molecular weight is 289 g/mol. The highest BCUT2D eigenvalue weighted by Gasteiger charge is 2.22. The number of alkyl halides is 1. The molecule has 4 nitrogen and oxygen atoms in total. The van der Waals surface area contributed by atoms with Gasteiger partial charge in [0.25, 0.3) is 0 Å². The molecule has 2 rings (SSSR count). The van der Waals surface area contributed by atoms with E-state index in [-0.39, 0.29) is 15.9 Å². The number of nitrogens with zero attached hydrogens (tertiary/aromatic N) is 2. The minimum absolute atomic E-state index is 0.0886. The molecule has 0 bridgehead atoms. The molecule has 90 valence electrons. The van der Waals surface area contributed by atoms with Gasteiger partial charge in [0.05, 0.1) is 20.0 Å². The van der Waals surface area contributed by atoms with Crippen LogP contribution in [0.4, 0.5) is 5.69 Å². The molecule has 1 heterocycles. The molecule has 1 unspecified atom stereocenters. The van der Waals surface area contributed by atoms with Crippen molar-refractivity contribution in [3.63, 3.8) is 0 Å². The zero-order valence-corrected chi connectivity index (χ0v) is 11.3.